The molecule has 2 rings (SSSR count). The van der Waals surface area contributed by atoms with E-state index in [9.17, 15) is 4.79 Å². The molecule has 0 bridgehead atoms. The lowest BCUT2D eigenvalue weighted by Crippen LogP contribution is -2.49. The fraction of sp³-hybridized carbons (Fsp3) is 0.588. The Morgan fingerprint density at radius 2 is 2.05 bits per heavy atom. The Kier molecular flexibility index (Phi) is 5.37. The number of nitrogens with one attached hydrogen (secondary N) is 1. The number of benzene rings is 1. The number of amides is 1. The number of piperidine rings is 1. The van der Waals surface area contributed by atoms with Gasteiger partial charge in [0.25, 0.3) is 0 Å². The van der Waals surface area contributed by atoms with Crippen molar-refractivity contribution in [2.75, 3.05) is 13.6 Å². The summed E-state index contributed by atoms with van der Waals surface area (Å²) in [7, 11) is 2.14. The Bertz CT molecular complexity index is 462. The number of carbonyl (C=O) groups excluding carboxylic acids is 1. The molecule has 1 aliphatic rings. The summed E-state index contributed by atoms with van der Waals surface area (Å²) in [5.41, 5.74) is 7.24. The van der Waals surface area contributed by atoms with Crippen LogP contribution in [0.1, 0.15) is 38.3 Å². The zero-order valence-corrected chi connectivity index (χ0v) is 13.3. The highest BCUT2D eigenvalue weighted by Gasteiger charge is 2.27. The zero-order chi connectivity index (χ0) is 15.4. The molecule has 0 aromatic heterocycles. The summed E-state index contributed by atoms with van der Waals surface area (Å²) < 4.78 is 0. The van der Waals surface area contributed by atoms with Crippen LogP contribution < -0.4 is 11.1 Å². The predicted molar refractivity (Wildman–Crippen MR) is 85.8 cm³/mol. The summed E-state index contributed by atoms with van der Waals surface area (Å²) in [4.78, 5) is 14.7. The molecule has 0 spiro atoms. The average Bonchev–Trinajstić information content (AvgIpc) is 2.50. The quantitative estimate of drug-likeness (QED) is 0.890. The molecule has 116 valence electrons. The predicted octanol–water partition coefficient (Wildman–Crippen LogP) is 1.92. The Balaban J connectivity index is 1.91. The number of likely N-dealkylation sites (tertiary alicyclic amines) is 1. The zero-order valence-electron chi connectivity index (χ0n) is 13.3. The van der Waals surface area contributed by atoms with Crippen molar-refractivity contribution in [3.63, 3.8) is 0 Å². The average molecular weight is 289 g/mol. The number of carbonyl (C=O) groups is 1. The Labute approximate surface area is 127 Å². The molecular formula is C17H27N3O. The van der Waals surface area contributed by atoms with Crippen LogP contribution in [0.15, 0.2) is 30.3 Å². The van der Waals surface area contributed by atoms with E-state index in [0.717, 1.165) is 24.9 Å². The first-order chi connectivity index (χ1) is 9.99. The van der Waals surface area contributed by atoms with Crippen LogP contribution in [-0.4, -0.2) is 36.5 Å². The standard InChI is InChI=1S/C17H27N3O/c1-12-11-15(9-10-20(12)3)19-17(21)13(2)16(18)14-7-5-4-6-8-14/h4-8,12-13,15-16H,9-11,18H2,1-3H3,(H,19,21). The van der Waals surface area contributed by atoms with Crippen LogP contribution in [0.2, 0.25) is 0 Å². The third kappa shape index (κ3) is 4.05. The fourth-order valence-electron chi connectivity index (χ4n) is 2.88. The van der Waals surface area contributed by atoms with Crippen LogP contribution in [0.3, 0.4) is 0 Å². The van der Waals surface area contributed by atoms with Gasteiger partial charge in [0, 0.05) is 24.7 Å². The van der Waals surface area contributed by atoms with Gasteiger partial charge in [-0.15, -0.1) is 0 Å². The Morgan fingerprint density at radius 3 is 2.67 bits per heavy atom. The van der Waals surface area contributed by atoms with Crippen molar-refractivity contribution in [3.8, 4) is 0 Å². The van der Waals surface area contributed by atoms with Gasteiger partial charge in [-0.1, -0.05) is 37.3 Å². The summed E-state index contributed by atoms with van der Waals surface area (Å²) >= 11 is 0. The molecule has 1 saturated heterocycles. The van der Waals surface area contributed by atoms with Gasteiger partial charge in [-0.3, -0.25) is 4.79 Å². The second-order valence-electron chi connectivity index (χ2n) is 6.28. The van der Waals surface area contributed by atoms with Crippen molar-refractivity contribution < 1.29 is 4.79 Å². The van der Waals surface area contributed by atoms with Crippen LogP contribution in [0, 0.1) is 5.92 Å². The Hall–Kier alpha value is -1.39. The third-order valence-corrected chi connectivity index (χ3v) is 4.69. The van der Waals surface area contributed by atoms with E-state index in [1.807, 2.05) is 37.3 Å². The van der Waals surface area contributed by atoms with E-state index in [1.165, 1.54) is 0 Å². The maximum atomic E-state index is 12.4. The summed E-state index contributed by atoms with van der Waals surface area (Å²) in [6, 6.07) is 10.4. The summed E-state index contributed by atoms with van der Waals surface area (Å²) in [6.45, 7) is 5.15. The van der Waals surface area contributed by atoms with E-state index in [0.29, 0.717) is 6.04 Å². The molecule has 3 N–H and O–H groups in total. The number of nitrogens with zero attached hydrogens (tertiary/aromatic N) is 1. The second kappa shape index (κ2) is 7.05. The molecule has 1 aliphatic heterocycles. The van der Waals surface area contributed by atoms with E-state index in [1.54, 1.807) is 0 Å². The largest absolute Gasteiger partial charge is 0.353 e. The highest BCUT2D eigenvalue weighted by atomic mass is 16.2. The van der Waals surface area contributed by atoms with E-state index >= 15 is 0 Å². The molecule has 4 heteroatoms. The van der Waals surface area contributed by atoms with Gasteiger partial charge in [0.1, 0.15) is 0 Å². The van der Waals surface area contributed by atoms with Crippen molar-refractivity contribution in [2.24, 2.45) is 11.7 Å². The SMILES string of the molecule is CC(C(=O)NC1CCN(C)C(C)C1)C(N)c1ccccc1. The normalized spacial score (nSPS) is 26.1. The topological polar surface area (TPSA) is 58.4 Å². The van der Waals surface area contributed by atoms with Crippen LogP contribution in [0.4, 0.5) is 0 Å². The first-order valence-electron chi connectivity index (χ1n) is 7.80. The van der Waals surface area contributed by atoms with Crippen LogP contribution in [0.25, 0.3) is 0 Å². The number of hydrogen-bond acceptors (Lipinski definition) is 3. The van der Waals surface area contributed by atoms with Crippen molar-refractivity contribution in [1.29, 1.82) is 0 Å². The second-order valence-corrected chi connectivity index (χ2v) is 6.28. The molecule has 0 aliphatic carbocycles. The molecule has 1 amide bonds. The molecule has 4 nitrogen and oxygen atoms in total. The van der Waals surface area contributed by atoms with Gasteiger partial charge in [-0.05, 0) is 32.4 Å². The minimum Gasteiger partial charge on any atom is -0.353 e. The lowest BCUT2D eigenvalue weighted by Gasteiger charge is -2.36. The molecule has 0 radical (unpaired) electrons. The molecule has 1 heterocycles. The number of hydrogen-bond donors (Lipinski definition) is 2. The lowest BCUT2D eigenvalue weighted by molar-refractivity contribution is -0.126. The molecular weight excluding hydrogens is 262 g/mol. The van der Waals surface area contributed by atoms with Crippen molar-refractivity contribution >= 4 is 5.91 Å². The van der Waals surface area contributed by atoms with Crippen molar-refractivity contribution in [2.45, 2.75) is 44.8 Å². The van der Waals surface area contributed by atoms with Gasteiger partial charge in [0.2, 0.25) is 5.91 Å². The molecule has 1 fully saturated rings. The van der Waals surface area contributed by atoms with Crippen molar-refractivity contribution in [1.82, 2.24) is 10.2 Å². The maximum Gasteiger partial charge on any atom is 0.224 e. The van der Waals surface area contributed by atoms with Gasteiger partial charge in [-0.25, -0.2) is 0 Å². The van der Waals surface area contributed by atoms with Gasteiger partial charge < -0.3 is 16.0 Å². The van der Waals surface area contributed by atoms with Crippen LogP contribution in [-0.2, 0) is 4.79 Å². The lowest BCUT2D eigenvalue weighted by atomic mass is 9.93. The first kappa shape index (κ1) is 16.0. The van der Waals surface area contributed by atoms with Crippen LogP contribution in [0.5, 0.6) is 0 Å². The van der Waals surface area contributed by atoms with Gasteiger partial charge in [0.05, 0.1) is 5.92 Å². The first-order valence-corrected chi connectivity index (χ1v) is 7.80. The molecule has 0 saturated carbocycles. The monoisotopic (exact) mass is 289 g/mol. The van der Waals surface area contributed by atoms with Gasteiger partial charge in [0.15, 0.2) is 0 Å². The van der Waals surface area contributed by atoms with Crippen molar-refractivity contribution in [3.05, 3.63) is 35.9 Å². The van der Waals surface area contributed by atoms with Gasteiger partial charge >= 0.3 is 0 Å². The molecule has 21 heavy (non-hydrogen) atoms. The highest BCUT2D eigenvalue weighted by Crippen LogP contribution is 2.21. The number of rotatable bonds is 4. The van der Waals surface area contributed by atoms with E-state index in [2.05, 4.69) is 24.2 Å². The third-order valence-electron chi connectivity index (χ3n) is 4.69. The van der Waals surface area contributed by atoms with Gasteiger partial charge in [-0.2, -0.15) is 0 Å². The molecule has 1 aromatic carbocycles. The minimum absolute atomic E-state index is 0.0631. The number of nitrogens with two attached hydrogens (primary N) is 1. The van der Waals surface area contributed by atoms with E-state index in [4.69, 9.17) is 5.73 Å². The summed E-state index contributed by atoms with van der Waals surface area (Å²) in [6.07, 6.45) is 2.02. The highest BCUT2D eigenvalue weighted by molar-refractivity contribution is 5.79. The summed E-state index contributed by atoms with van der Waals surface area (Å²) in [5.74, 6) is -0.157. The molecule has 4 atom stereocenters. The van der Waals surface area contributed by atoms with E-state index < -0.39 is 0 Å². The molecule has 1 aromatic rings. The summed E-state index contributed by atoms with van der Waals surface area (Å²) in [5, 5.41) is 3.17. The van der Waals surface area contributed by atoms with Crippen LogP contribution >= 0.6 is 0 Å². The minimum atomic E-state index is -0.255. The smallest absolute Gasteiger partial charge is 0.224 e. The fourth-order valence-corrected chi connectivity index (χ4v) is 2.88. The maximum absolute atomic E-state index is 12.4. The van der Waals surface area contributed by atoms with E-state index in [-0.39, 0.29) is 23.9 Å². The molecule has 4 unspecified atom stereocenters. The Morgan fingerprint density at radius 1 is 1.38 bits per heavy atom.